The van der Waals surface area contributed by atoms with Gasteiger partial charge in [0, 0.05) is 11.3 Å². The maximum atomic E-state index is 6.22. The SMILES string of the molecule is C[C@@H]1[C@@H](OCc2ccccc2)C(C)(C)[C@@H]2OC[C@H]1O2. The van der Waals surface area contributed by atoms with Crippen molar-refractivity contribution in [1.29, 1.82) is 0 Å². The summed E-state index contributed by atoms with van der Waals surface area (Å²) < 4.78 is 17.9. The maximum Gasteiger partial charge on any atom is 0.165 e. The maximum absolute atomic E-state index is 6.22. The molecular formula is C16H22O3. The van der Waals surface area contributed by atoms with E-state index in [-0.39, 0.29) is 23.9 Å². The van der Waals surface area contributed by atoms with Gasteiger partial charge >= 0.3 is 0 Å². The van der Waals surface area contributed by atoms with Crippen LogP contribution in [0.5, 0.6) is 0 Å². The van der Waals surface area contributed by atoms with Crippen molar-refractivity contribution in [2.24, 2.45) is 11.3 Å². The van der Waals surface area contributed by atoms with Crippen LogP contribution in [0, 0.1) is 11.3 Å². The second-order valence-electron chi connectivity index (χ2n) is 6.24. The highest BCUT2D eigenvalue weighted by molar-refractivity contribution is 5.13. The fraction of sp³-hybridized carbons (Fsp3) is 0.625. The minimum Gasteiger partial charge on any atom is -0.372 e. The summed E-state index contributed by atoms with van der Waals surface area (Å²) in [5.74, 6) is 0.359. The molecule has 4 atom stereocenters. The summed E-state index contributed by atoms with van der Waals surface area (Å²) >= 11 is 0. The van der Waals surface area contributed by atoms with E-state index >= 15 is 0 Å². The van der Waals surface area contributed by atoms with Crippen molar-refractivity contribution in [3.05, 3.63) is 35.9 Å². The van der Waals surface area contributed by atoms with Crippen LogP contribution in [0.1, 0.15) is 26.3 Å². The summed E-state index contributed by atoms with van der Waals surface area (Å²) in [6.45, 7) is 7.89. The van der Waals surface area contributed by atoms with E-state index in [2.05, 4.69) is 32.9 Å². The number of fused-ring (bicyclic) bond motifs is 2. The lowest BCUT2D eigenvalue weighted by Gasteiger charge is -2.45. The third kappa shape index (κ3) is 2.31. The van der Waals surface area contributed by atoms with Crippen LogP contribution in [0.2, 0.25) is 0 Å². The molecule has 3 nitrogen and oxygen atoms in total. The van der Waals surface area contributed by atoms with Crippen molar-refractivity contribution in [1.82, 2.24) is 0 Å². The van der Waals surface area contributed by atoms with Gasteiger partial charge in [-0.25, -0.2) is 0 Å². The third-order valence-corrected chi connectivity index (χ3v) is 4.39. The summed E-state index contributed by atoms with van der Waals surface area (Å²) in [6.07, 6.45) is 0.215. The zero-order chi connectivity index (χ0) is 13.5. The first-order valence-corrected chi connectivity index (χ1v) is 7.01. The van der Waals surface area contributed by atoms with Gasteiger partial charge in [0.25, 0.3) is 0 Å². The van der Waals surface area contributed by atoms with E-state index in [0.29, 0.717) is 19.1 Å². The molecule has 2 bridgehead atoms. The molecule has 0 amide bonds. The van der Waals surface area contributed by atoms with Gasteiger partial charge in [-0.15, -0.1) is 0 Å². The first-order valence-electron chi connectivity index (χ1n) is 7.01. The van der Waals surface area contributed by atoms with Crippen molar-refractivity contribution in [3.8, 4) is 0 Å². The molecule has 2 aliphatic heterocycles. The zero-order valence-corrected chi connectivity index (χ0v) is 11.8. The molecule has 0 saturated carbocycles. The molecule has 2 aliphatic rings. The van der Waals surface area contributed by atoms with Crippen LogP contribution < -0.4 is 0 Å². The number of benzene rings is 1. The molecule has 0 aromatic heterocycles. The predicted octanol–water partition coefficient (Wildman–Crippen LogP) is 2.99. The highest BCUT2D eigenvalue weighted by atomic mass is 16.7. The van der Waals surface area contributed by atoms with Crippen molar-refractivity contribution in [3.63, 3.8) is 0 Å². The van der Waals surface area contributed by atoms with Gasteiger partial charge in [0.05, 0.1) is 25.4 Å². The van der Waals surface area contributed by atoms with Crippen LogP contribution in [0.25, 0.3) is 0 Å². The van der Waals surface area contributed by atoms with E-state index < -0.39 is 0 Å². The lowest BCUT2D eigenvalue weighted by Crippen LogP contribution is -2.52. The Morgan fingerprint density at radius 3 is 2.74 bits per heavy atom. The van der Waals surface area contributed by atoms with Crippen molar-refractivity contribution in [2.45, 2.75) is 45.9 Å². The average molecular weight is 262 g/mol. The molecule has 3 heteroatoms. The third-order valence-electron chi connectivity index (χ3n) is 4.39. The van der Waals surface area contributed by atoms with Gasteiger partial charge in [0.2, 0.25) is 0 Å². The smallest absolute Gasteiger partial charge is 0.165 e. The number of hydrogen-bond acceptors (Lipinski definition) is 3. The summed E-state index contributed by atoms with van der Waals surface area (Å²) in [6, 6.07) is 10.3. The molecule has 2 fully saturated rings. The molecule has 104 valence electrons. The second-order valence-corrected chi connectivity index (χ2v) is 6.24. The van der Waals surface area contributed by atoms with E-state index in [1.165, 1.54) is 5.56 Å². The standard InChI is InChI=1S/C16H22O3/c1-11-13-10-18-15(19-13)16(2,3)14(11)17-9-12-7-5-4-6-8-12/h4-8,11,13-15H,9-10H2,1-3H3/t11-,13+,14+,15+/m0/s1. The Morgan fingerprint density at radius 2 is 2.00 bits per heavy atom. The van der Waals surface area contributed by atoms with Gasteiger partial charge in [0.1, 0.15) is 0 Å². The largest absolute Gasteiger partial charge is 0.372 e. The molecule has 1 aromatic rings. The van der Waals surface area contributed by atoms with Gasteiger partial charge < -0.3 is 14.2 Å². The number of hydrogen-bond donors (Lipinski definition) is 0. The summed E-state index contributed by atoms with van der Waals surface area (Å²) in [5, 5.41) is 0. The molecule has 2 saturated heterocycles. The monoisotopic (exact) mass is 262 g/mol. The molecule has 19 heavy (non-hydrogen) atoms. The molecular weight excluding hydrogens is 240 g/mol. The van der Waals surface area contributed by atoms with Crippen molar-refractivity contribution in [2.75, 3.05) is 6.61 Å². The van der Waals surface area contributed by atoms with E-state index in [0.717, 1.165) is 0 Å². The molecule has 0 radical (unpaired) electrons. The lowest BCUT2D eigenvalue weighted by atomic mass is 9.76. The Hall–Kier alpha value is -0.900. The van der Waals surface area contributed by atoms with Crippen molar-refractivity contribution < 1.29 is 14.2 Å². The van der Waals surface area contributed by atoms with E-state index in [1.807, 2.05) is 18.2 Å². The van der Waals surface area contributed by atoms with Gasteiger partial charge in [-0.2, -0.15) is 0 Å². The van der Waals surface area contributed by atoms with Crippen molar-refractivity contribution >= 4 is 0 Å². The minimum absolute atomic E-state index is 0.110. The fourth-order valence-corrected chi connectivity index (χ4v) is 3.22. The topological polar surface area (TPSA) is 27.7 Å². The Morgan fingerprint density at radius 1 is 1.26 bits per heavy atom. The average Bonchev–Trinajstić information content (AvgIpc) is 2.86. The normalized spacial score (nSPS) is 36.4. The molecule has 0 spiro atoms. The summed E-state index contributed by atoms with van der Waals surface area (Å²) in [5.41, 5.74) is 1.10. The Kier molecular flexibility index (Phi) is 3.37. The van der Waals surface area contributed by atoms with Crippen LogP contribution in [-0.2, 0) is 20.8 Å². The van der Waals surface area contributed by atoms with Gasteiger partial charge in [-0.3, -0.25) is 0 Å². The fourth-order valence-electron chi connectivity index (χ4n) is 3.22. The van der Waals surface area contributed by atoms with Crippen LogP contribution in [0.3, 0.4) is 0 Å². The highest BCUT2D eigenvalue weighted by Gasteiger charge is 2.54. The Balaban J connectivity index is 1.72. The minimum atomic E-state index is -0.130. The van der Waals surface area contributed by atoms with Crippen LogP contribution in [-0.4, -0.2) is 25.1 Å². The molecule has 0 N–H and O–H groups in total. The number of ether oxygens (including phenoxy) is 3. The van der Waals surface area contributed by atoms with Gasteiger partial charge in [-0.05, 0) is 5.56 Å². The molecule has 0 unspecified atom stereocenters. The highest BCUT2D eigenvalue weighted by Crippen LogP contribution is 2.45. The first kappa shape index (κ1) is 13.1. The first-order chi connectivity index (χ1) is 9.09. The van der Waals surface area contributed by atoms with Gasteiger partial charge in [-0.1, -0.05) is 51.1 Å². The number of rotatable bonds is 3. The summed E-state index contributed by atoms with van der Waals surface area (Å²) in [4.78, 5) is 0. The predicted molar refractivity (Wildman–Crippen MR) is 72.6 cm³/mol. The molecule has 0 aliphatic carbocycles. The Bertz CT molecular complexity index is 429. The second kappa shape index (κ2) is 4.89. The van der Waals surface area contributed by atoms with E-state index in [1.54, 1.807) is 0 Å². The molecule has 2 heterocycles. The zero-order valence-electron chi connectivity index (χ0n) is 11.8. The summed E-state index contributed by atoms with van der Waals surface area (Å²) in [7, 11) is 0. The van der Waals surface area contributed by atoms with Crippen LogP contribution in [0.15, 0.2) is 30.3 Å². The van der Waals surface area contributed by atoms with Crippen LogP contribution in [0.4, 0.5) is 0 Å². The Labute approximate surface area is 114 Å². The van der Waals surface area contributed by atoms with Crippen LogP contribution >= 0.6 is 0 Å². The van der Waals surface area contributed by atoms with E-state index in [9.17, 15) is 0 Å². The quantitative estimate of drug-likeness (QED) is 0.838. The molecule has 1 aromatic carbocycles. The van der Waals surface area contributed by atoms with E-state index in [4.69, 9.17) is 14.2 Å². The van der Waals surface area contributed by atoms with Gasteiger partial charge in [0.15, 0.2) is 6.29 Å². The molecule has 3 rings (SSSR count). The lowest BCUT2D eigenvalue weighted by molar-refractivity contribution is -0.235.